The van der Waals surface area contributed by atoms with Gasteiger partial charge in [0.25, 0.3) is 0 Å². The minimum absolute atomic E-state index is 0.141. The third kappa shape index (κ3) is 4.00. The molecular formula is C25H21N7O. The van der Waals surface area contributed by atoms with Crippen molar-refractivity contribution in [2.45, 2.75) is 20.0 Å². The van der Waals surface area contributed by atoms with Crippen molar-refractivity contribution in [2.24, 2.45) is 0 Å². The fraction of sp³-hybridized carbons (Fsp3) is 0.120. The number of benzene rings is 2. The van der Waals surface area contributed by atoms with E-state index in [0.29, 0.717) is 17.8 Å². The highest BCUT2D eigenvalue weighted by Gasteiger charge is 2.15. The molecular weight excluding hydrogens is 414 g/mol. The van der Waals surface area contributed by atoms with Gasteiger partial charge in [-0.15, -0.1) is 0 Å². The van der Waals surface area contributed by atoms with Gasteiger partial charge in [-0.3, -0.25) is 13.9 Å². The molecule has 5 aromatic rings. The van der Waals surface area contributed by atoms with E-state index in [1.54, 1.807) is 23.1 Å². The number of aryl methyl sites for hydroxylation is 1. The molecule has 0 atom stereocenters. The Morgan fingerprint density at radius 3 is 2.82 bits per heavy atom. The van der Waals surface area contributed by atoms with Gasteiger partial charge in [-0.1, -0.05) is 24.3 Å². The van der Waals surface area contributed by atoms with Crippen LogP contribution in [0.25, 0.3) is 16.7 Å². The van der Waals surface area contributed by atoms with E-state index in [1.165, 1.54) is 0 Å². The molecule has 0 aliphatic heterocycles. The molecule has 0 spiro atoms. The molecule has 0 fully saturated rings. The summed E-state index contributed by atoms with van der Waals surface area (Å²) in [5.41, 5.74) is 5.57. The number of para-hydroxylation sites is 2. The average molecular weight is 435 g/mol. The Hall–Kier alpha value is -4.64. The van der Waals surface area contributed by atoms with Crippen molar-refractivity contribution >= 4 is 34.1 Å². The van der Waals surface area contributed by atoms with Gasteiger partial charge in [0.15, 0.2) is 5.65 Å². The molecule has 8 nitrogen and oxygen atoms in total. The number of nitrogens with one attached hydrogen (secondary N) is 2. The van der Waals surface area contributed by atoms with Crippen LogP contribution in [0.15, 0.2) is 73.1 Å². The van der Waals surface area contributed by atoms with Crippen LogP contribution in [-0.4, -0.2) is 25.1 Å². The zero-order valence-corrected chi connectivity index (χ0v) is 18.0. The fourth-order valence-corrected chi connectivity index (χ4v) is 3.92. The third-order valence-electron chi connectivity index (χ3n) is 5.43. The average Bonchev–Trinajstić information content (AvgIpc) is 3.45. The van der Waals surface area contributed by atoms with Gasteiger partial charge in [0.1, 0.15) is 18.4 Å². The molecule has 1 amide bonds. The van der Waals surface area contributed by atoms with E-state index in [4.69, 9.17) is 0 Å². The van der Waals surface area contributed by atoms with Gasteiger partial charge < -0.3 is 10.6 Å². The second-order valence-corrected chi connectivity index (χ2v) is 7.76. The second kappa shape index (κ2) is 8.48. The maximum Gasteiger partial charge on any atom is 0.246 e. The molecule has 0 unspecified atom stereocenters. The van der Waals surface area contributed by atoms with Crippen molar-refractivity contribution in [1.82, 2.24) is 19.2 Å². The standard InChI is InChI=1S/C25H21N7O/c1-17-12-23(32-22-9-3-2-8-21(22)30-25(32)20(17)14-26)27-15-18-6-4-7-19(13-18)29-24(33)16-31-11-5-10-28-31/h2-13,27H,15-16H2,1H3,(H,29,33). The molecule has 0 aliphatic rings. The summed E-state index contributed by atoms with van der Waals surface area (Å²) in [6.45, 7) is 2.61. The van der Waals surface area contributed by atoms with Gasteiger partial charge in [0.05, 0.1) is 16.6 Å². The molecule has 2 N–H and O–H groups in total. The van der Waals surface area contributed by atoms with Crippen molar-refractivity contribution in [3.05, 3.63) is 89.7 Å². The maximum atomic E-state index is 12.3. The molecule has 162 valence electrons. The molecule has 2 aromatic carbocycles. The minimum Gasteiger partial charge on any atom is -0.367 e. The number of amides is 1. The summed E-state index contributed by atoms with van der Waals surface area (Å²) >= 11 is 0. The lowest BCUT2D eigenvalue weighted by molar-refractivity contribution is -0.116. The monoisotopic (exact) mass is 435 g/mol. The van der Waals surface area contributed by atoms with E-state index in [0.717, 1.165) is 33.7 Å². The number of nitrogens with zero attached hydrogens (tertiary/aromatic N) is 5. The number of carbonyl (C=O) groups is 1. The van der Waals surface area contributed by atoms with Crippen LogP contribution in [0.3, 0.4) is 0 Å². The fourth-order valence-electron chi connectivity index (χ4n) is 3.92. The Balaban J connectivity index is 1.40. The minimum atomic E-state index is -0.141. The molecule has 0 aliphatic carbocycles. The largest absolute Gasteiger partial charge is 0.367 e. The van der Waals surface area contributed by atoms with Crippen LogP contribution in [0.1, 0.15) is 16.7 Å². The number of anilines is 2. The van der Waals surface area contributed by atoms with Crippen LogP contribution in [0.4, 0.5) is 11.5 Å². The first kappa shape index (κ1) is 20.3. The van der Waals surface area contributed by atoms with E-state index >= 15 is 0 Å². The Morgan fingerprint density at radius 1 is 1.12 bits per heavy atom. The molecule has 3 heterocycles. The molecule has 5 rings (SSSR count). The van der Waals surface area contributed by atoms with Gasteiger partial charge in [-0.05, 0) is 54.4 Å². The Kier molecular flexibility index (Phi) is 5.21. The van der Waals surface area contributed by atoms with Crippen molar-refractivity contribution in [1.29, 1.82) is 5.26 Å². The van der Waals surface area contributed by atoms with Crippen LogP contribution >= 0.6 is 0 Å². The zero-order chi connectivity index (χ0) is 22.8. The van der Waals surface area contributed by atoms with Crippen LogP contribution in [0.2, 0.25) is 0 Å². The van der Waals surface area contributed by atoms with Crippen LogP contribution in [0, 0.1) is 18.3 Å². The Labute approximate surface area is 190 Å². The first-order chi connectivity index (χ1) is 16.1. The van der Waals surface area contributed by atoms with Crippen molar-refractivity contribution in [2.75, 3.05) is 10.6 Å². The van der Waals surface area contributed by atoms with Gasteiger partial charge in [0.2, 0.25) is 5.91 Å². The summed E-state index contributed by atoms with van der Waals surface area (Å²) in [5, 5.41) is 20.1. The second-order valence-electron chi connectivity index (χ2n) is 7.76. The van der Waals surface area contributed by atoms with Gasteiger partial charge >= 0.3 is 0 Å². The Bertz CT molecular complexity index is 1510. The van der Waals surface area contributed by atoms with Crippen LogP contribution in [-0.2, 0) is 17.9 Å². The number of pyridine rings is 1. The lowest BCUT2D eigenvalue weighted by Gasteiger charge is -2.13. The molecule has 0 saturated heterocycles. The Morgan fingerprint density at radius 2 is 2.00 bits per heavy atom. The number of fused-ring (bicyclic) bond motifs is 3. The summed E-state index contributed by atoms with van der Waals surface area (Å²) in [6, 6.07) is 21.6. The SMILES string of the molecule is Cc1cc(NCc2cccc(NC(=O)Cn3cccn3)c2)n2c(nc3ccccc32)c1C#N. The highest BCUT2D eigenvalue weighted by atomic mass is 16.2. The van der Waals surface area contributed by atoms with E-state index in [2.05, 4.69) is 26.8 Å². The first-order valence-corrected chi connectivity index (χ1v) is 10.5. The predicted octanol–water partition coefficient (Wildman–Crippen LogP) is 4.11. The number of hydrogen-bond donors (Lipinski definition) is 2. The molecule has 0 bridgehead atoms. The van der Waals surface area contributed by atoms with Crippen LogP contribution < -0.4 is 10.6 Å². The lowest BCUT2D eigenvalue weighted by Crippen LogP contribution is -2.19. The molecule has 33 heavy (non-hydrogen) atoms. The molecule has 8 heteroatoms. The van der Waals surface area contributed by atoms with Gasteiger partial charge in [-0.2, -0.15) is 10.4 Å². The van der Waals surface area contributed by atoms with Crippen molar-refractivity contribution in [3.63, 3.8) is 0 Å². The first-order valence-electron chi connectivity index (χ1n) is 10.5. The number of imidazole rings is 1. The summed E-state index contributed by atoms with van der Waals surface area (Å²) in [6.07, 6.45) is 3.39. The van der Waals surface area contributed by atoms with E-state index < -0.39 is 0 Å². The predicted molar refractivity (Wildman–Crippen MR) is 127 cm³/mol. The summed E-state index contributed by atoms with van der Waals surface area (Å²) in [4.78, 5) is 17.0. The number of rotatable bonds is 6. The number of hydrogen-bond acceptors (Lipinski definition) is 5. The van der Waals surface area contributed by atoms with Crippen LogP contribution in [0.5, 0.6) is 0 Å². The van der Waals surface area contributed by atoms with Crippen molar-refractivity contribution < 1.29 is 4.79 Å². The molecule has 0 radical (unpaired) electrons. The number of aromatic nitrogens is 4. The zero-order valence-electron chi connectivity index (χ0n) is 18.0. The highest BCUT2D eigenvalue weighted by Crippen LogP contribution is 2.27. The smallest absolute Gasteiger partial charge is 0.246 e. The molecule has 0 saturated carbocycles. The summed E-state index contributed by atoms with van der Waals surface area (Å²) in [5.74, 6) is 0.710. The number of nitriles is 1. The van der Waals surface area contributed by atoms with E-state index in [9.17, 15) is 10.1 Å². The van der Waals surface area contributed by atoms with Gasteiger partial charge in [0, 0.05) is 24.6 Å². The van der Waals surface area contributed by atoms with E-state index in [1.807, 2.05) is 65.9 Å². The number of carbonyl (C=O) groups excluding carboxylic acids is 1. The lowest BCUT2D eigenvalue weighted by atomic mass is 10.1. The topological polar surface area (TPSA) is 100 Å². The van der Waals surface area contributed by atoms with Gasteiger partial charge in [-0.25, -0.2) is 4.98 Å². The summed E-state index contributed by atoms with van der Waals surface area (Å²) in [7, 11) is 0. The molecule has 3 aromatic heterocycles. The highest BCUT2D eigenvalue weighted by molar-refractivity contribution is 5.90. The van der Waals surface area contributed by atoms with E-state index in [-0.39, 0.29) is 12.5 Å². The normalized spacial score (nSPS) is 10.9. The summed E-state index contributed by atoms with van der Waals surface area (Å²) < 4.78 is 3.56. The van der Waals surface area contributed by atoms with Crippen molar-refractivity contribution in [3.8, 4) is 6.07 Å². The maximum absolute atomic E-state index is 12.3. The quantitative estimate of drug-likeness (QED) is 0.418. The third-order valence-corrected chi connectivity index (χ3v) is 5.43.